The zero-order valence-electron chi connectivity index (χ0n) is 10.5. The number of likely N-dealkylation sites (tertiary alicyclic amines) is 1. The van der Waals surface area contributed by atoms with E-state index in [9.17, 15) is 9.59 Å². The van der Waals surface area contributed by atoms with Crippen molar-refractivity contribution in [1.29, 1.82) is 0 Å². The van der Waals surface area contributed by atoms with Gasteiger partial charge in [0.15, 0.2) is 0 Å². The molecule has 0 atom stereocenters. The van der Waals surface area contributed by atoms with Gasteiger partial charge in [-0.1, -0.05) is 0 Å². The van der Waals surface area contributed by atoms with E-state index in [-0.39, 0.29) is 11.8 Å². The van der Waals surface area contributed by atoms with Crippen molar-refractivity contribution in [1.82, 2.24) is 9.88 Å². The van der Waals surface area contributed by atoms with Gasteiger partial charge >= 0.3 is 0 Å². The number of carbonyl (C=O) groups is 2. The topological polar surface area (TPSA) is 76.3 Å². The molecule has 6 heteroatoms. The number of rotatable bonds is 3. The van der Waals surface area contributed by atoms with Crippen molar-refractivity contribution < 1.29 is 9.59 Å². The molecule has 102 valence electrons. The molecular weight excluding hydrogens is 310 g/mol. The van der Waals surface area contributed by atoms with Gasteiger partial charge in [-0.2, -0.15) is 0 Å². The molecule has 2 heterocycles. The Hall–Kier alpha value is -1.43. The maximum absolute atomic E-state index is 12.2. The van der Waals surface area contributed by atoms with Crippen molar-refractivity contribution in [3.8, 4) is 0 Å². The van der Waals surface area contributed by atoms with Gasteiger partial charge in [0.05, 0.1) is 0 Å². The van der Waals surface area contributed by atoms with Crippen LogP contribution in [-0.4, -0.2) is 34.8 Å². The maximum Gasteiger partial charge on any atom is 0.272 e. The quantitative estimate of drug-likeness (QED) is 0.916. The molecule has 1 aliphatic heterocycles. The first-order chi connectivity index (χ1) is 9.06. The molecule has 5 nitrogen and oxygen atoms in total. The first-order valence-corrected chi connectivity index (χ1v) is 7.04. The lowest BCUT2D eigenvalue weighted by molar-refractivity contribution is -0.119. The van der Waals surface area contributed by atoms with Crippen molar-refractivity contribution >= 4 is 27.7 Å². The van der Waals surface area contributed by atoms with E-state index in [1.54, 1.807) is 23.2 Å². The van der Waals surface area contributed by atoms with E-state index in [2.05, 4.69) is 20.9 Å². The summed E-state index contributed by atoms with van der Waals surface area (Å²) in [6, 6.07) is 3.52. The first kappa shape index (κ1) is 14.0. The van der Waals surface area contributed by atoms with Crippen LogP contribution in [0, 0.1) is 5.92 Å². The van der Waals surface area contributed by atoms with Crippen molar-refractivity contribution in [2.75, 3.05) is 13.1 Å². The number of carbonyl (C=O) groups excluding carboxylic acids is 2. The molecule has 2 rings (SSSR count). The number of halogens is 1. The molecule has 19 heavy (non-hydrogen) atoms. The highest BCUT2D eigenvalue weighted by molar-refractivity contribution is 9.10. The molecule has 0 unspecified atom stereocenters. The van der Waals surface area contributed by atoms with Gasteiger partial charge < -0.3 is 10.6 Å². The molecule has 0 saturated carbocycles. The molecule has 0 bridgehead atoms. The van der Waals surface area contributed by atoms with E-state index in [0.717, 1.165) is 17.3 Å². The van der Waals surface area contributed by atoms with Crippen LogP contribution < -0.4 is 5.73 Å². The number of hydrogen-bond acceptors (Lipinski definition) is 3. The number of pyridine rings is 1. The summed E-state index contributed by atoms with van der Waals surface area (Å²) in [7, 11) is 0. The fraction of sp³-hybridized carbons (Fsp3) is 0.462. The molecule has 1 aliphatic rings. The Balaban J connectivity index is 1.92. The molecule has 2 amide bonds. The molecular formula is C13H16BrN3O2. The zero-order valence-corrected chi connectivity index (χ0v) is 12.1. The van der Waals surface area contributed by atoms with Crippen LogP contribution >= 0.6 is 15.9 Å². The Morgan fingerprint density at radius 3 is 2.58 bits per heavy atom. The Morgan fingerprint density at radius 1 is 1.37 bits per heavy atom. The fourth-order valence-corrected chi connectivity index (χ4v) is 2.52. The van der Waals surface area contributed by atoms with E-state index in [4.69, 9.17) is 5.73 Å². The highest BCUT2D eigenvalue weighted by Crippen LogP contribution is 2.21. The van der Waals surface area contributed by atoms with Crippen LogP contribution in [0.3, 0.4) is 0 Å². The second-order valence-corrected chi connectivity index (χ2v) is 5.68. The summed E-state index contributed by atoms with van der Waals surface area (Å²) in [5.74, 6) is -0.0104. The summed E-state index contributed by atoms with van der Waals surface area (Å²) >= 11 is 3.29. The highest BCUT2D eigenvalue weighted by Gasteiger charge is 2.25. The Bertz CT molecular complexity index is 467. The van der Waals surface area contributed by atoms with Crippen LogP contribution in [0.25, 0.3) is 0 Å². The number of aromatic nitrogens is 1. The molecule has 0 radical (unpaired) electrons. The SMILES string of the molecule is NC(=O)CC1CCN(C(=O)c2ccc(Br)cn2)CC1. The number of amides is 2. The second-order valence-electron chi connectivity index (χ2n) is 4.77. The summed E-state index contributed by atoms with van der Waals surface area (Å²) in [5, 5.41) is 0. The third-order valence-electron chi connectivity index (χ3n) is 3.34. The van der Waals surface area contributed by atoms with Gasteiger partial charge in [0.1, 0.15) is 5.69 Å². The van der Waals surface area contributed by atoms with Crippen molar-refractivity contribution in [2.45, 2.75) is 19.3 Å². The lowest BCUT2D eigenvalue weighted by Gasteiger charge is -2.31. The third-order valence-corrected chi connectivity index (χ3v) is 3.81. The van der Waals surface area contributed by atoms with Crippen molar-refractivity contribution in [3.05, 3.63) is 28.5 Å². The largest absolute Gasteiger partial charge is 0.370 e. The molecule has 0 aliphatic carbocycles. The van der Waals surface area contributed by atoms with Crippen LogP contribution in [-0.2, 0) is 4.79 Å². The zero-order chi connectivity index (χ0) is 13.8. The number of primary amides is 1. The van der Waals surface area contributed by atoms with Gasteiger partial charge in [-0.3, -0.25) is 9.59 Å². The molecule has 1 saturated heterocycles. The second kappa shape index (κ2) is 6.14. The molecule has 0 spiro atoms. The smallest absolute Gasteiger partial charge is 0.272 e. The lowest BCUT2D eigenvalue weighted by Crippen LogP contribution is -2.39. The average molecular weight is 326 g/mol. The van der Waals surface area contributed by atoms with E-state index in [1.807, 2.05) is 0 Å². The summed E-state index contributed by atoms with van der Waals surface area (Å²) in [5.41, 5.74) is 5.64. The van der Waals surface area contributed by atoms with E-state index < -0.39 is 0 Å². The van der Waals surface area contributed by atoms with Crippen molar-refractivity contribution in [3.63, 3.8) is 0 Å². The lowest BCUT2D eigenvalue weighted by atomic mass is 9.93. The van der Waals surface area contributed by atoms with Crippen LogP contribution in [0.2, 0.25) is 0 Å². The molecule has 0 aromatic carbocycles. The average Bonchev–Trinajstić information content (AvgIpc) is 2.39. The van der Waals surface area contributed by atoms with E-state index in [0.29, 0.717) is 31.1 Å². The number of nitrogens with zero attached hydrogens (tertiary/aromatic N) is 2. The molecule has 2 N–H and O–H groups in total. The molecule has 1 aromatic heterocycles. The van der Waals surface area contributed by atoms with Crippen LogP contribution in [0.1, 0.15) is 29.8 Å². The van der Waals surface area contributed by atoms with E-state index >= 15 is 0 Å². The van der Waals surface area contributed by atoms with Gasteiger partial charge in [0.25, 0.3) is 5.91 Å². The highest BCUT2D eigenvalue weighted by atomic mass is 79.9. The van der Waals surface area contributed by atoms with Gasteiger partial charge in [0.2, 0.25) is 5.91 Å². The number of piperidine rings is 1. The monoisotopic (exact) mass is 325 g/mol. The predicted octanol–water partition coefficient (Wildman–Crippen LogP) is 1.57. The van der Waals surface area contributed by atoms with E-state index in [1.165, 1.54) is 0 Å². The summed E-state index contributed by atoms with van der Waals surface area (Å²) in [6.07, 6.45) is 3.68. The van der Waals surface area contributed by atoms with Gasteiger partial charge in [-0.05, 0) is 46.8 Å². The Kier molecular flexibility index (Phi) is 4.52. The number of hydrogen-bond donors (Lipinski definition) is 1. The van der Waals surface area contributed by atoms with Crippen LogP contribution in [0.5, 0.6) is 0 Å². The first-order valence-electron chi connectivity index (χ1n) is 6.25. The van der Waals surface area contributed by atoms with Gasteiger partial charge in [0, 0.05) is 30.2 Å². The summed E-state index contributed by atoms with van der Waals surface area (Å²) in [4.78, 5) is 29.0. The summed E-state index contributed by atoms with van der Waals surface area (Å²) < 4.78 is 0.851. The van der Waals surface area contributed by atoms with Gasteiger partial charge in [-0.25, -0.2) is 4.98 Å². The fourth-order valence-electron chi connectivity index (χ4n) is 2.29. The van der Waals surface area contributed by atoms with Crippen LogP contribution in [0.15, 0.2) is 22.8 Å². The third kappa shape index (κ3) is 3.76. The van der Waals surface area contributed by atoms with Crippen LogP contribution in [0.4, 0.5) is 0 Å². The number of nitrogens with two attached hydrogens (primary N) is 1. The molecule has 1 fully saturated rings. The van der Waals surface area contributed by atoms with Gasteiger partial charge in [-0.15, -0.1) is 0 Å². The standard InChI is InChI=1S/C13H16BrN3O2/c14-10-1-2-11(16-8-10)13(19)17-5-3-9(4-6-17)7-12(15)18/h1-2,8-9H,3-7H2,(H2,15,18). The predicted molar refractivity (Wildman–Crippen MR) is 74.4 cm³/mol. The minimum absolute atomic E-state index is 0.0509. The maximum atomic E-state index is 12.2. The minimum atomic E-state index is -0.264. The Morgan fingerprint density at radius 2 is 2.05 bits per heavy atom. The van der Waals surface area contributed by atoms with Crippen molar-refractivity contribution in [2.24, 2.45) is 11.7 Å². The normalized spacial score (nSPS) is 16.4. The summed E-state index contributed by atoms with van der Waals surface area (Å²) in [6.45, 7) is 1.32. The minimum Gasteiger partial charge on any atom is -0.370 e. The Labute approximate surface area is 120 Å². The molecule has 1 aromatic rings.